The van der Waals surface area contributed by atoms with Crippen LogP contribution in [0.5, 0.6) is 0 Å². The van der Waals surface area contributed by atoms with E-state index in [0.29, 0.717) is 12.3 Å². The Balaban J connectivity index is 1.44. The molecule has 0 saturated carbocycles. The zero-order valence-electron chi connectivity index (χ0n) is 17.9. The van der Waals surface area contributed by atoms with Crippen molar-refractivity contribution >= 4 is 5.91 Å². The van der Waals surface area contributed by atoms with E-state index in [2.05, 4.69) is 47.7 Å². The molecule has 2 aromatic heterocycles. The monoisotopic (exact) mass is 402 g/mol. The highest BCUT2D eigenvalue weighted by Crippen LogP contribution is 2.27. The molecule has 4 rings (SSSR count). The highest BCUT2D eigenvalue weighted by Gasteiger charge is 2.25. The molecule has 0 radical (unpaired) electrons. The third-order valence-corrected chi connectivity index (χ3v) is 5.85. The minimum Gasteiger partial charge on any atom is -0.342 e. The lowest BCUT2D eigenvalue weighted by atomic mass is 9.94. The van der Waals surface area contributed by atoms with Gasteiger partial charge < -0.3 is 4.90 Å². The molecule has 0 N–H and O–H groups in total. The zero-order chi connectivity index (χ0) is 20.9. The second kappa shape index (κ2) is 9.24. The molecule has 1 fully saturated rings. The Hall–Kier alpha value is -2.95. The van der Waals surface area contributed by atoms with E-state index in [-0.39, 0.29) is 11.8 Å². The number of nitrogens with zero attached hydrogens (tertiary/aromatic N) is 4. The molecule has 1 aromatic carbocycles. The quantitative estimate of drug-likeness (QED) is 0.599. The number of aryl methyl sites for hydroxylation is 1. The van der Waals surface area contributed by atoms with Crippen LogP contribution in [0, 0.1) is 0 Å². The smallest absolute Gasteiger partial charge is 0.222 e. The van der Waals surface area contributed by atoms with Crippen LogP contribution < -0.4 is 0 Å². The molecule has 5 heteroatoms. The summed E-state index contributed by atoms with van der Waals surface area (Å²) in [6.07, 6.45) is 7.26. The van der Waals surface area contributed by atoms with Crippen LogP contribution in [0.25, 0.3) is 5.82 Å². The number of carbonyl (C=O) groups excluding carboxylic acids is 1. The predicted octanol–water partition coefficient (Wildman–Crippen LogP) is 4.73. The molecule has 0 aliphatic carbocycles. The van der Waals surface area contributed by atoms with Crippen molar-refractivity contribution < 1.29 is 4.79 Å². The Morgan fingerprint density at radius 2 is 1.97 bits per heavy atom. The van der Waals surface area contributed by atoms with Gasteiger partial charge in [-0.1, -0.05) is 50.2 Å². The number of likely N-dealkylation sites (tertiary alicyclic amines) is 1. The summed E-state index contributed by atoms with van der Waals surface area (Å²) in [5.41, 5.74) is 2.28. The van der Waals surface area contributed by atoms with E-state index in [1.165, 1.54) is 5.56 Å². The van der Waals surface area contributed by atoms with Crippen LogP contribution in [0.1, 0.15) is 62.0 Å². The molecule has 3 heterocycles. The molecule has 0 spiro atoms. The largest absolute Gasteiger partial charge is 0.342 e. The number of aromatic nitrogens is 3. The third kappa shape index (κ3) is 4.61. The fourth-order valence-electron chi connectivity index (χ4n) is 4.24. The van der Waals surface area contributed by atoms with Gasteiger partial charge in [0.1, 0.15) is 11.6 Å². The second-order valence-electron chi connectivity index (χ2n) is 8.40. The first-order valence-electron chi connectivity index (χ1n) is 10.9. The maximum Gasteiger partial charge on any atom is 0.222 e. The molecule has 1 aliphatic rings. The van der Waals surface area contributed by atoms with Gasteiger partial charge in [-0.25, -0.2) is 9.97 Å². The van der Waals surface area contributed by atoms with Crippen LogP contribution in [0.15, 0.2) is 60.9 Å². The SMILES string of the molecule is CC(C)c1nccn1-c1cccc([C@H]2CCCN(C(=O)CCc3ccccc3)C2)n1. The Kier molecular flexibility index (Phi) is 6.26. The van der Waals surface area contributed by atoms with Crippen molar-refractivity contribution in [1.82, 2.24) is 19.4 Å². The Morgan fingerprint density at radius 3 is 2.77 bits per heavy atom. The Bertz CT molecular complexity index is 980. The molecule has 156 valence electrons. The van der Waals surface area contributed by atoms with Crippen LogP contribution in [0.3, 0.4) is 0 Å². The van der Waals surface area contributed by atoms with Crippen LogP contribution in [0.2, 0.25) is 0 Å². The minimum atomic E-state index is 0.247. The lowest BCUT2D eigenvalue weighted by Gasteiger charge is -2.32. The van der Waals surface area contributed by atoms with E-state index in [1.54, 1.807) is 0 Å². The summed E-state index contributed by atoms with van der Waals surface area (Å²) in [7, 11) is 0. The molecular formula is C25H30N4O. The Morgan fingerprint density at radius 1 is 1.13 bits per heavy atom. The zero-order valence-corrected chi connectivity index (χ0v) is 17.9. The van der Waals surface area contributed by atoms with Crippen molar-refractivity contribution in [3.63, 3.8) is 0 Å². The van der Waals surface area contributed by atoms with Gasteiger partial charge in [-0.15, -0.1) is 0 Å². The molecule has 30 heavy (non-hydrogen) atoms. The summed E-state index contributed by atoms with van der Waals surface area (Å²) >= 11 is 0. The lowest BCUT2D eigenvalue weighted by Crippen LogP contribution is -2.39. The van der Waals surface area contributed by atoms with Crippen LogP contribution >= 0.6 is 0 Å². The van der Waals surface area contributed by atoms with Crippen molar-refractivity contribution in [3.8, 4) is 5.82 Å². The number of amides is 1. The first kappa shape index (κ1) is 20.3. The normalized spacial score (nSPS) is 16.8. The van der Waals surface area contributed by atoms with E-state index in [1.807, 2.05) is 41.6 Å². The van der Waals surface area contributed by atoms with Gasteiger partial charge >= 0.3 is 0 Å². The van der Waals surface area contributed by atoms with Crippen LogP contribution in [-0.4, -0.2) is 38.4 Å². The number of carbonyl (C=O) groups is 1. The van der Waals surface area contributed by atoms with Gasteiger partial charge in [-0.3, -0.25) is 9.36 Å². The molecule has 1 aliphatic heterocycles. The van der Waals surface area contributed by atoms with Gasteiger partial charge in [0.25, 0.3) is 0 Å². The molecule has 3 aromatic rings. The second-order valence-corrected chi connectivity index (χ2v) is 8.40. The fraction of sp³-hybridized carbons (Fsp3) is 0.400. The van der Waals surface area contributed by atoms with Gasteiger partial charge in [0.15, 0.2) is 0 Å². The number of piperidine rings is 1. The highest BCUT2D eigenvalue weighted by atomic mass is 16.2. The van der Waals surface area contributed by atoms with E-state index in [9.17, 15) is 4.79 Å². The number of benzene rings is 1. The number of rotatable bonds is 6. The molecule has 5 nitrogen and oxygen atoms in total. The lowest BCUT2D eigenvalue weighted by molar-refractivity contribution is -0.132. The summed E-state index contributed by atoms with van der Waals surface area (Å²) in [5, 5.41) is 0. The van der Waals surface area contributed by atoms with Crippen LogP contribution in [0.4, 0.5) is 0 Å². The summed E-state index contributed by atoms with van der Waals surface area (Å²) in [6.45, 7) is 5.89. The molecule has 1 amide bonds. The average molecular weight is 403 g/mol. The highest BCUT2D eigenvalue weighted by molar-refractivity contribution is 5.76. The number of hydrogen-bond acceptors (Lipinski definition) is 3. The summed E-state index contributed by atoms with van der Waals surface area (Å²) in [5.74, 6) is 2.78. The summed E-state index contributed by atoms with van der Waals surface area (Å²) < 4.78 is 2.07. The van der Waals surface area contributed by atoms with Crippen LogP contribution in [-0.2, 0) is 11.2 Å². The fourth-order valence-corrected chi connectivity index (χ4v) is 4.24. The van der Waals surface area contributed by atoms with Gasteiger partial charge in [0, 0.05) is 49.4 Å². The predicted molar refractivity (Wildman–Crippen MR) is 119 cm³/mol. The minimum absolute atomic E-state index is 0.247. The van der Waals surface area contributed by atoms with Crippen molar-refractivity contribution in [3.05, 3.63) is 78.0 Å². The van der Waals surface area contributed by atoms with Crippen molar-refractivity contribution in [2.75, 3.05) is 13.1 Å². The van der Waals surface area contributed by atoms with Gasteiger partial charge in [-0.05, 0) is 37.0 Å². The van der Waals surface area contributed by atoms with E-state index >= 15 is 0 Å². The third-order valence-electron chi connectivity index (χ3n) is 5.85. The summed E-state index contributed by atoms with van der Waals surface area (Å²) in [4.78, 5) is 24.3. The molecule has 0 bridgehead atoms. The number of imidazole rings is 1. The van der Waals surface area contributed by atoms with Gasteiger partial charge in [-0.2, -0.15) is 0 Å². The number of pyridine rings is 1. The van der Waals surface area contributed by atoms with Gasteiger partial charge in [0.05, 0.1) is 0 Å². The molecule has 0 unspecified atom stereocenters. The first-order valence-corrected chi connectivity index (χ1v) is 10.9. The van der Waals surface area contributed by atoms with E-state index in [0.717, 1.165) is 49.7 Å². The molecule has 1 atom stereocenters. The van der Waals surface area contributed by atoms with Crippen molar-refractivity contribution in [2.24, 2.45) is 0 Å². The first-order chi connectivity index (χ1) is 14.6. The number of hydrogen-bond donors (Lipinski definition) is 0. The van der Waals surface area contributed by atoms with Gasteiger partial charge in [0.2, 0.25) is 5.91 Å². The molecule has 1 saturated heterocycles. The molecular weight excluding hydrogens is 372 g/mol. The van der Waals surface area contributed by atoms with E-state index in [4.69, 9.17) is 4.98 Å². The van der Waals surface area contributed by atoms with Crippen molar-refractivity contribution in [1.29, 1.82) is 0 Å². The topological polar surface area (TPSA) is 51.0 Å². The van der Waals surface area contributed by atoms with Crippen molar-refractivity contribution in [2.45, 2.75) is 51.4 Å². The van der Waals surface area contributed by atoms with E-state index < -0.39 is 0 Å². The maximum atomic E-state index is 12.8. The average Bonchev–Trinajstić information content (AvgIpc) is 3.29. The Labute approximate surface area is 178 Å². The maximum absolute atomic E-state index is 12.8. The standard InChI is InChI=1S/C25H30N4O/c1-19(2)25-26-15-17-29(25)23-12-6-11-22(27-23)21-10-7-16-28(18-21)24(30)14-13-20-8-4-3-5-9-20/h3-6,8-9,11-12,15,17,19,21H,7,10,13-14,16,18H2,1-2H3/t21-/m0/s1. The summed E-state index contributed by atoms with van der Waals surface area (Å²) in [6, 6.07) is 16.4.